The third-order valence-corrected chi connectivity index (χ3v) is 3.95. The van der Waals surface area contributed by atoms with Crippen LogP contribution in [0.3, 0.4) is 0 Å². The van der Waals surface area contributed by atoms with Gasteiger partial charge in [0.15, 0.2) is 0 Å². The third-order valence-electron chi connectivity index (χ3n) is 3.95. The zero-order valence-corrected chi connectivity index (χ0v) is 12.2. The molecule has 2 atom stereocenters. The molecule has 0 amide bonds. The summed E-state index contributed by atoms with van der Waals surface area (Å²) in [7, 11) is 0. The minimum atomic E-state index is -0.122. The van der Waals surface area contributed by atoms with Crippen molar-refractivity contribution in [2.45, 2.75) is 51.6 Å². The summed E-state index contributed by atoms with van der Waals surface area (Å²) in [5, 5.41) is 12.8. The van der Waals surface area contributed by atoms with Gasteiger partial charge in [0.1, 0.15) is 0 Å². The van der Waals surface area contributed by atoms with Crippen LogP contribution in [0.2, 0.25) is 0 Å². The van der Waals surface area contributed by atoms with Crippen LogP contribution >= 0.6 is 0 Å². The maximum atomic E-state index is 9.46. The Labute approximate surface area is 112 Å². The van der Waals surface area contributed by atoms with Gasteiger partial charge in [0.05, 0.1) is 19.8 Å². The molecule has 1 aliphatic rings. The summed E-state index contributed by atoms with van der Waals surface area (Å²) in [4.78, 5) is 2.53. The van der Waals surface area contributed by atoms with Gasteiger partial charge in [-0.25, -0.2) is 0 Å². The maximum Gasteiger partial charge on any atom is 0.0622 e. The maximum absolute atomic E-state index is 9.46. The van der Waals surface area contributed by atoms with Crippen molar-refractivity contribution in [3.8, 4) is 0 Å². The number of nitrogens with one attached hydrogen (secondary N) is 1. The molecule has 0 aliphatic carbocycles. The van der Waals surface area contributed by atoms with Gasteiger partial charge in [-0.05, 0) is 39.3 Å². The second-order valence-electron chi connectivity index (χ2n) is 5.53. The smallest absolute Gasteiger partial charge is 0.0622 e. The molecular formula is C14H30N2O2. The van der Waals surface area contributed by atoms with Gasteiger partial charge in [0.25, 0.3) is 0 Å². The van der Waals surface area contributed by atoms with Gasteiger partial charge in [-0.3, -0.25) is 4.90 Å². The van der Waals surface area contributed by atoms with Crippen molar-refractivity contribution in [3.63, 3.8) is 0 Å². The predicted octanol–water partition coefficient (Wildman–Crippen LogP) is 1.24. The highest BCUT2D eigenvalue weighted by Gasteiger charge is 2.24. The van der Waals surface area contributed by atoms with Gasteiger partial charge >= 0.3 is 0 Å². The number of hydrogen-bond acceptors (Lipinski definition) is 4. The van der Waals surface area contributed by atoms with Crippen LogP contribution in [-0.4, -0.2) is 61.0 Å². The van der Waals surface area contributed by atoms with E-state index in [0.717, 1.165) is 52.1 Å². The quantitative estimate of drug-likeness (QED) is 0.687. The first-order valence-electron chi connectivity index (χ1n) is 7.33. The van der Waals surface area contributed by atoms with Crippen molar-refractivity contribution < 1.29 is 9.84 Å². The number of aliphatic hydroxyl groups excluding tert-OH is 1. The summed E-state index contributed by atoms with van der Waals surface area (Å²) in [5.41, 5.74) is -0.122. The van der Waals surface area contributed by atoms with E-state index in [-0.39, 0.29) is 12.1 Å². The topological polar surface area (TPSA) is 44.7 Å². The molecule has 108 valence electrons. The lowest BCUT2D eigenvalue weighted by molar-refractivity contribution is -0.0103. The van der Waals surface area contributed by atoms with Crippen LogP contribution in [-0.2, 0) is 4.74 Å². The van der Waals surface area contributed by atoms with Crippen molar-refractivity contribution >= 4 is 0 Å². The van der Waals surface area contributed by atoms with Gasteiger partial charge in [-0.2, -0.15) is 0 Å². The Hall–Kier alpha value is -0.160. The molecule has 2 N–H and O–H groups in total. The minimum absolute atomic E-state index is 0.122. The molecular weight excluding hydrogens is 228 g/mol. The molecule has 0 bridgehead atoms. The summed E-state index contributed by atoms with van der Waals surface area (Å²) in [6.07, 6.45) is 3.30. The van der Waals surface area contributed by atoms with E-state index in [4.69, 9.17) is 4.74 Å². The Morgan fingerprint density at radius 3 is 2.83 bits per heavy atom. The largest absolute Gasteiger partial charge is 0.394 e. The fourth-order valence-corrected chi connectivity index (χ4v) is 2.68. The fraction of sp³-hybridized carbons (Fsp3) is 1.00. The Balaban J connectivity index is 2.30. The highest BCUT2D eigenvalue weighted by atomic mass is 16.5. The van der Waals surface area contributed by atoms with E-state index < -0.39 is 0 Å². The zero-order valence-electron chi connectivity index (χ0n) is 12.2. The molecule has 2 unspecified atom stereocenters. The lowest BCUT2D eigenvalue weighted by atomic mass is 9.96. The zero-order chi connectivity index (χ0) is 13.4. The molecule has 0 saturated carbocycles. The number of morpholine rings is 1. The number of likely N-dealkylation sites (N-methyl/N-ethyl adjacent to an activating group) is 1. The average molecular weight is 258 g/mol. The van der Waals surface area contributed by atoms with Crippen molar-refractivity contribution in [1.82, 2.24) is 10.2 Å². The lowest BCUT2D eigenvalue weighted by Gasteiger charge is -2.36. The molecule has 0 aromatic rings. The number of nitrogens with zero attached hydrogens (tertiary/aromatic N) is 1. The molecule has 1 fully saturated rings. The summed E-state index contributed by atoms with van der Waals surface area (Å²) < 4.78 is 5.52. The van der Waals surface area contributed by atoms with E-state index >= 15 is 0 Å². The minimum Gasteiger partial charge on any atom is -0.394 e. The molecule has 1 aliphatic heterocycles. The second-order valence-corrected chi connectivity index (χ2v) is 5.53. The molecule has 0 radical (unpaired) electrons. The molecule has 4 nitrogen and oxygen atoms in total. The van der Waals surface area contributed by atoms with Crippen LogP contribution < -0.4 is 5.32 Å². The third kappa shape index (κ3) is 4.84. The van der Waals surface area contributed by atoms with Crippen LogP contribution in [0.1, 0.15) is 40.0 Å². The molecule has 1 rings (SSSR count). The van der Waals surface area contributed by atoms with Crippen LogP contribution in [0, 0.1) is 0 Å². The molecule has 18 heavy (non-hydrogen) atoms. The lowest BCUT2D eigenvalue weighted by Crippen LogP contribution is -2.48. The van der Waals surface area contributed by atoms with E-state index in [1.807, 2.05) is 0 Å². The number of hydrogen-bond donors (Lipinski definition) is 2. The first kappa shape index (κ1) is 15.9. The van der Waals surface area contributed by atoms with Crippen LogP contribution in [0.25, 0.3) is 0 Å². The summed E-state index contributed by atoms with van der Waals surface area (Å²) in [5.74, 6) is 0. The first-order chi connectivity index (χ1) is 8.65. The van der Waals surface area contributed by atoms with Crippen LogP contribution in [0.15, 0.2) is 0 Å². The Kier molecular flexibility index (Phi) is 7.15. The van der Waals surface area contributed by atoms with Gasteiger partial charge < -0.3 is 15.2 Å². The molecule has 1 heterocycles. The van der Waals surface area contributed by atoms with E-state index in [0.29, 0.717) is 6.04 Å². The number of rotatable bonds is 8. The predicted molar refractivity (Wildman–Crippen MR) is 74.9 cm³/mol. The normalized spacial score (nSPS) is 25.0. The van der Waals surface area contributed by atoms with Gasteiger partial charge in [-0.15, -0.1) is 0 Å². The monoisotopic (exact) mass is 258 g/mol. The van der Waals surface area contributed by atoms with E-state index in [1.165, 1.54) is 0 Å². The molecule has 0 spiro atoms. The van der Waals surface area contributed by atoms with Crippen molar-refractivity contribution in [2.75, 3.05) is 39.5 Å². The average Bonchev–Trinajstić information content (AvgIpc) is 2.39. The summed E-state index contributed by atoms with van der Waals surface area (Å²) in [6, 6.07) is 0.582. The Morgan fingerprint density at radius 1 is 1.44 bits per heavy atom. The van der Waals surface area contributed by atoms with Crippen molar-refractivity contribution in [1.29, 1.82) is 0 Å². The van der Waals surface area contributed by atoms with E-state index in [9.17, 15) is 5.11 Å². The fourth-order valence-electron chi connectivity index (χ4n) is 2.68. The molecule has 1 saturated heterocycles. The standard InChI is InChI=1S/C14H30N2O2/c1-4-13-11-18-10-9-16(13)8-6-7-14(3,12-17)15-5-2/h13,15,17H,4-12H2,1-3H3. The van der Waals surface area contributed by atoms with E-state index in [1.54, 1.807) is 0 Å². The van der Waals surface area contributed by atoms with Crippen LogP contribution in [0.4, 0.5) is 0 Å². The van der Waals surface area contributed by atoms with Crippen LogP contribution in [0.5, 0.6) is 0 Å². The number of aliphatic hydroxyl groups is 1. The van der Waals surface area contributed by atoms with Gasteiger partial charge in [0.2, 0.25) is 0 Å². The van der Waals surface area contributed by atoms with Gasteiger partial charge in [-0.1, -0.05) is 13.8 Å². The Morgan fingerprint density at radius 2 is 2.22 bits per heavy atom. The molecule has 0 aromatic carbocycles. The number of ether oxygens (including phenoxy) is 1. The van der Waals surface area contributed by atoms with E-state index in [2.05, 4.69) is 31.0 Å². The molecule has 4 heteroatoms. The highest BCUT2D eigenvalue weighted by Crippen LogP contribution is 2.15. The molecule has 0 aromatic heterocycles. The van der Waals surface area contributed by atoms with Crippen molar-refractivity contribution in [2.24, 2.45) is 0 Å². The SMILES string of the molecule is CCNC(C)(CO)CCCN1CCOCC1CC. The summed E-state index contributed by atoms with van der Waals surface area (Å²) >= 11 is 0. The first-order valence-corrected chi connectivity index (χ1v) is 7.33. The highest BCUT2D eigenvalue weighted by molar-refractivity contribution is 4.83. The summed E-state index contributed by atoms with van der Waals surface area (Å²) in [6.45, 7) is 11.4. The second kappa shape index (κ2) is 8.10. The Bertz CT molecular complexity index is 226. The van der Waals surface area contributed by atoms with Gasteiger partial charge in [0, 0.05) is 18.1 Å². The van der Waals surface area contributed by atoms with Crippen molar-refractivity contribution in [3.05, 3.63) is 0 Å².